The molecular formula is C27H28ClN3O2. The maximum Gasteiger partial charge on any atom is 0.257 e. The Labute approximate surface area is 199 Å². The highest BCUT2D eigenvalue weighted by Gasteiger charge is 2.21. The Kier molecular flexibility index (Phi) is 7.30. The predicted octanol–water partition coefficient (Wildman–Crippen LogP) is 6.07. The van der Waals surface area contributed by atoms with Gasteiger partial charge in [0, 0.05) is 24.5 Å². The van der Waals surface area contributed by atoms with Crippen LogP contribution in [0.2, 0.25) is 5.02 Å². The normalized spacial score (nSPS) is 14.4. The Morgan fingerprint density at radius 1 is 0.848 bits per heavy atom. The predicted molar refractivity (Wildman–Crippen MR) is 134 cm³/mol. The molecule has 33 heavy (non-hydrogen) atoms. The van der Waals surface area contributed by atoms with Crippen molar-refractivity contribution in [2.24, 2.45) is 0 Å². The van der Waals surface area contributed by atoms with Crippen molar-refractivity contribution in [3.63, 3.8) is 0 Å². The van der Waals surface area contributed by atoms with Crippen molar-refractivity contribution in [3.05, 3.63) is 94.5 Å². The molecule has 1 aliphatic heterocycles. The highest BCUT2D eigenvalue weighted by atomic mass is 35.5. The molecule has 0 saturated carbocycles. The lowest BCUT2D eigenvalue weighted by Crippen LogP contribution is -2.33. The fourth-order valence-corrected chi connectivity index (χ4v) is 4.37. The first-order chi connectivity index (χ1) is 16.0. The summed E-state index contributed by atoms with van der Waals surface area (Å²) < 4.78 is 0. The minimum atomic E-state index is -0.310. The van der Waals surface area contributed by atoms with Crippen molar-refractivity contribution in [2.75, 3.05) is 23.3 Å². The molecule has 5 nitrogen and oxygen atoms in total. The second kappa shape index (κ2) is 10.5. The van der Waals surface area contributed by atoms with Crippen molar-refractivity contribution in [3.8, 4) is 0 Å². The SMILES string of the molecule is CC(NC(=O)c1cc(NC(=O)c2ccccc2Cl)ccc1N1CCCCC1)c1ccccc1. The number of hydrogen-bond acceptors (Lipinski definition) is 3. The van der Waals surface area contributed by atoms with E-state index in [0.29, 0.717) is 21.8 Å². The van der Waals surface area contributed by atoms with Gasteiger partial charge >= 0.3 is 0 Å². The molecule has 1 fully saturated rings. The van der Waals surface area contributed by atoms with E-state index in [1.807, 2.05) is 49.4 Å². The van der Waals surface area contributed by atoms with Crippen molar-refractivity contribution < 1.29 is 9.59 Å². The zero-order valence-corrected chi connectivity index (χ0v) is 19.4. The number of piperidine rings is 1. The fraction of sp³-hybridized carbons (Fsp3) is 0.259. The van der Waals surface area contributed by atoms with Crippen LogP contribution in [0.4, 0.5) is 11.4 Å². The number of nitrogens with zero attached hydrogens (tertiary/aromatic N) is 1. The zero-order chi connectivity index (χ0) is 23.2. The molecule has 1 heterocycles. The van der Waals surface area contributed by atoms with Gasteiger partial charge in [-0.25, -0.2) is 0 Å². The number of carbonyl (C=O) groups excluding carboxylic acids is 2. The summed E-state index contributed by atoms with van der Waals surface area (Å²) in [5.74, 6) is -0.476. The molecule has 2 amide bonds. The second-order valence-corrected chi connectivity index (χ2v) is 8.73. The number of halogens is 1. The molecule has 0 bridgehead atoms. The van der Waals surface area contributed by atoms with Gasteiger partial charge in [-0.1, -0.05) is 54.1 Å². The molecule has 4 rings (SSSR count). The molecule has 6 heteroatoms. The zero-order valence-electron chi connectivity index (χ0n) is 18.7. The molecule has 3 aromatic rings. The van der Waals surface area contributed by atoms with E-state index in [0.717, 1.165) is 37.2 Å². The molecule has 1 atom stereocenters. The van der Waals surface area contributed by atoms with Crippen molar-refractivity contribution in [1.82, 2.24) is 5.32 Å². The van der Waals surface area contributed by atoms with Crippen molar-refractivity contribution in [1.29, 1.82) is 0 Å². The molecule has 0 aromatic heterocycles. The summed E-state index contributed by atoms with van der Waals surface area (Å²) in [5, 5.41) is 6.39. The van der Waals surface area contributed by atoms with E-state index in [1.165, 1.54) is 6.42 Å². The van der Waals surface area contributed by atoms with Gasteiger partial charge in [0.15, 0.2) is 0 Å². The highest BCUT2D eigenvalue weighted by Crippen LogP contribution is 2.28. The van der Waals surface area contributed by atoms with Crippen LogP contribution in [0.25, 0.3) is 0 Å². The van der Waals surface area contributed by atoms with E-state index in [2.05, 4.69) is 15.5 Å². The summed E-state index contributed by atoms with van der Waals surface area (Å²) >= 11 is 6.18. The van der Waals surface area contributed by atoms with Crippen LogP contribution in [-0.4, -0.2) is 24.9 Å². The maximum atomic E-state index is 13.4. The van der Waals surface area contributed by atoms with Crippen LogP contribution < -0.4 is 15.5 Å². The molecule has 1 unspecified atom stereocenters. The van der Waals surface area contributed by atoms with Crippen LogP contribution in [-0.2, 0) is 0 Å². The summed E-state index contributed by atoms with van der Waals surface area (Å²) in [6.45, 7) is 3.80. The van der Waals surface area contributed by atoms with E-state index in [4.69, 9.17) is 11.6 Å². The van der Waals surface area contributed by atoms with E-state index in [-0.39, 0.29) is 17.9 Å². The summed E-state index contributed by atoms with van der Waals surface area (Å²) in [4.78, 5) is 28.4. The summed E-state index contributed by atoms with van der Waals surface area (Å²) in [6.07, 6.45) is 3.41. The molecule has 2 N–H and O–H groups in total. The third-order valence-electron chi connectivity index (χ3n) is 5.96. The minimum absolute atomic E-state index is 0.144. The summed E-state index contributed by atoms with van der Waals surface area (Å²) in [7, 11) is 0. The molecule has 3 aromatic carbocycles. The average Bonchev–Trinajstić information content (AvgIpc) is 2.85. The number of carbonyl (C=O) groups is 2. The van der Waals surface area contributed by atoms with Gasteiger partial charge < -0.3 is 15.5 Å². The van der Waals surface area contributed by atoms with E-state index in [9.17, 15) is 9.59 Å². The van der Waals surface area contributed by atoms with Gasteiger partial charge in [0.25, 0.3) is 11.8 Å². The molecular weight excluding hydrogens is 434 g/mol. The van der Waals surface area contributed by atoms with Crippen molar-refractivity contribution >= 4 is 34.8 Å². The first-order valence-electron chi connectivity index (χ1n) is 11.3. The number of amides is 2. The molecule has 0 radical (unpaired) electrons. The Hall–Kier alpha value is -3.31. The molecule has 1 aliphatic rings. The maximum absolute atomic E-state index is 13.4. The lowest BCUT2D eigenvalue weighted by molar-refractivity contribution is 0.0939. The lowest BCUT2D eigenvalue weighted by Gasteiger charge is -2.31. The number of nitrogens with one attached hydrogen (secondary N) is 2. The molecule has 170 valence electrons. The number of benzene rings is 3. The lowest BCUT2D eigenvalue weighted by atomic mass is 10.0. The Bertz CT molecular complexity index is 1130. The molecule has 0 spiro atoms. The van der Waals surface area contributed by atoms with Gasteiger partial charge in [0.1, 0.15) is 0 Å². The molecule has 0 aliphatic carbocycles. The van der Waals surface area contributed by atoms with Gasteiger partial charge in [-0.05, 0) is 62.1 Å². The second-order valence-electron chi connectivity index (χ2n) is 8.32. The van der Waals surface area contributed by atoms with E-state index in [1.54, 1.807) is 30.3 Å². The first kappa shape index (κ1) is 22.9. The summed E-state index contributed by atoms with van der Waals surface area (Å²) in [6, 6.07) is 22.2. The standard InChI is InChI=1S/C27H28ClN3O2/c1-19(20-10-4-2-5-11-20)29-27(33)23-18-21(14-15-25(23)31-16-8-3-9-17-31)30-26(32)22-12-6-7-13-24(22)28/h2,4-7,10-15,18-19H,3,8-9,16-17H2,1H3,(H,29,33)(H,30,32). The van der Waals surface area contributed by atoms with Gasteiger partial charge in [-0.2, -0.15) is 0 Å². The third-order valence-corrected chi connectivity index (χ3v) is 6.29. The van der Waals surface area contributed by atoms with Crippen LogP contribution in [0.1, 0.15) is 58.5 Å². The van der Waals surface area contributed by atoms with Crippen LogP contribution in [0.5, 0.6) is 0 Å². The van der Waals surface area contributed by atoms with Gasteiger partial charge in [-0.15, -0.1) is 0 Å². The van der Waals surface area contributed by atoms with Gasteiger partial charge in [0.05, 0.1) is 22.2 Å². The van der Waals surface area contributed by atoms with Crippen LogP contribution >= 0.6 is 11.6 Å². The van der Waals surface area contributed by atoms with E-state index < -0.39 is 0 Å². The Balaban J connectivity index is 1.61. The quantitative estimate of drug-likeness (QED) is 0.468. The minimum Gasteiger partial charge on any atom is -0.371 e. The van der Waals surface area contributed by atoms with Crippen LogP contribution in [0, 0.1) is 0 Å². The first-order valence-corrected chi connectivity index (χ1v) is 11.7. The fourth-order valence-electron chi connectivity index (χ4n) is 4.15. The monoisotopic (exact) mass is 461 g/mol. The van der Waals surface area contributed by atoms with Crippen molar-refractivity contribution in [2.45, 2.75) is 32.2 Å². The number of rotatable bonds is 6. The Morgan fingerprint density at radius 3 is 2.27 bits per heavy atom. The van der Waals surface area contributed by atoms with Crippen LogP contribution in [0.15, 0.2) is 72.8 Å². The smallest absolute Gasteiger partial charge is 0.257 e. The third kappa shape index (κ3) is 5.55. The number of anilines is 2. The average molecular weight is 462 g/mol. The summed E-state index contributed by atoms with van der Waals surface area (Å²) in [5.41, 5.74) is 3.43. The molecule has 1 saturated heterocycles. The highest BCUT2D eigenvalue weighted by molar-refractivity contribution is 6.34. The largest absolute Gasteiger partial charge is 0.371 e. The van der Waals surface area contributed by atoms with Gasteiger partial charge in [-0.3, -0.25) is 9.59 Å². The Morgan fingerprint density at radius 2 is 1.55 bits per heavy atom. The van der Waals surface area contributed by atoms with E-state index >= 15 is 0 Å². The number of hydrogen-bond donors (Lipinski definition) is 2. The van der Waals surface area contributed by atoms with Crippen LogP contribution in [0.3, 0.4) is 0 Å². The van der Waals surface area contributed by atoms with Gasteiger partial charge in [0.2, 0.25) is 0 Å². The topological polar surface area (TPSA) is 61.4 Å².